The van der Waals surface area contributed by atoms with Crippen LogP contribution in [0.15, 0.2) is 0 Å². The standard InChI is InChI=1S/C39H76N2O7/c1-4-6-8-10-16-23-34-47-39(48-35-24-17-11-9-7-5-2)28-27-38(45)46-33-22-18-15-21-31-41(32-25-29-40-36(3)42)30-20-14-12-13-19-26-37(43)44/h39H,4-35H2,1-3H3,(H,40,42)(H,43,44). The zero-order valence-corrected chi connectivity index (χ0v) is 31.5. The van der Waals surface area contributed by atoms with Crippen LogP contribution < -0.4 is 5.32 Å². The molecule has 0 spiro atoms. The second-order valence-electron chi connectivity index (χ2n) is 13.5. The van der Waals surface area contributed by atoms with Crippen molar-refractivity contribution in [2.24, 2.45) is 0 Å². The van der Waals surface area contributed by atoms with Crippen molar-refractivity contribution >= 4 is 17.8 Å². The molecule has 9 heteroatoms. The predicted molar refractivity (Wildman–Crippen MR) is 196 cm³/mol. The molecule has 0 aliphatic heterocycles. The van der Waals surface area contributed by atoms with Crippen molar-refractivity contribution in [3.05, 3.63) is 0 Å². The SMILES string of the molecule is CCCCCCCCOC(CCC(=O)OCCCCCCN(CCCCCCCC(=O)O)CCCNC(C)=O)OCCCCCCCC. The Balaban J connectivity index is 4.25. The van der Waals surface area contributed by atoms with Gasteiger partial charge < -0.3 is 29.5 Å². The molecule has 0 unspecified atom stereocenters. The molecule has 0 fully saturated rings. The van der Waals surface area contributed by atoms with Gasteiger partial charge in [0.1, 0.15) is 0 Å². The van der Waals surface area contributed by atoms with Crippen molar-refractivity contribution in [1.82, 2.24) is 10.2 Å². The summed E-state index contributed by atoms with van der Waals surface area (Å²) in [4.78, 5) is 36.8. The van der Waals surface area contributed by atoms with Crippen molar-refractivity contribution in [2.75, 3.05) is 46.0 Å². The molecule has 0 bridgehead atoms. The Morgan fingerprint density at radius 1 is 0.583 bits per heavy atom. The van der Waals surface area contributed by atoms with Gasteiger partial charge in [-0.05, 0) is 64.6 Å². The Labute approximate surface area is 295 Å². The van der Waals surface area contributed by atoms with E-state index in [1.54, 1.807) is 6.92 Å². The number of carbonyl (C=O) groups is 3. The summed E-state index contributed by atoms with van der Waals surface area (Å²) >= 11 is 0. The molecule has 0 aliphatic carbocycles. The van der Waals surface area contributed by atoms with Crippen LogP contribution in [0.25, 0.3) is 0 Å². The fraction of sp³-hybridized carbons (Fsp3) is 0.923. The van der Waals surface area contributed by atoms with Gasteiger partial charge in [0, 0.05) is 39.5 Å². The number of esters is 1. The normalized spacial score (nSPS) is 11.4. The summed E-state index contributed by atoms with van der Waals surface area (Å²) in [5.41, 5.74) is 0. The minimum absolute atomic E-state index is 0.0112. The first-order chi connectivity index (χ1) is 23.4. The highest BCUT2D eigenvalue weighted by atomic mass is 16.7. The summed E-state index contributed by atoms with van der Waals surface area (Å²) in [5.74, 6) is -0.868. The van der Waals surface area contributed by atoms with Crippen LogP contribution in [0, 0.1) is 0 Å². The van der Waals surface area contributed by atoms with E-state index in [9.17, 15) is 14.4 Å². The van der Waals surface area contributed by atoms with Crippen LogP contribution in [0.1, 0.15) is 181 Å². The van der Waals surface area contributed by atoms with E-state index in [1.165, 1.54) is 64.2 Å². The van der Waals surface area contributed by atoms with Crippen molar-refractivity contribution in [3.8, 4) is 0 Å². The van der Waals surface area contributed by atoms with Crippen LogP contribution in [0.3, 0.4) is 0 Å². The number of hydrogen-bond donors (Lipinski definition) is 2. The molecule has 0 aromatic rings. The lowest BCUT2D eigenvalue weighted by Gasteiger charge is -2.22. The number of nitrogens with one attached hydrogen (secondary N) is 1. The van der Waals surface area contributed by atoms with E-state index < -0.39 is 5.97 Å². The highest BCUT2D eigenvalue weighted by molar-refractivity contribution is 5.72. The second-order valence-corrected chi connectivity index (χ2v) is 13.5. The van der Waals surface area contributed by atoms with Crippen LogP contribution in [-0.4, -0.2) is 80.1 Å². The van der Waals surface area contributed by atoms with Gasteiger partial charge in [-0.3, -0.25) is 14.4 Å². The van der Waals surface area contributed by atoms with Crippen LogP contribution >= 0.6 is 0 Å². The Morgan fingerprint density at radius 2 is 1.04 bits per heavy atom. The van der Waals surface area contributed by atoms with Gasteiger partial charge in [-0.2, -0.15) is 0 Å². The number of aliphatic carboxylic acids is 1. The Bertz CT molecular complexity index is 719. The molecule has 2 N–H and O–H groups in total. The second kappa shape index (κ2) is 36.6. The van der Waals surface area contributed by atoms with Crippen LogP contribution in [0.4, 0.5) is 0 Å². The van der Waals surface area contributed by atoms with E-state index in [-0.39, 0.29) is 24.6 Å². The number of ether oxygens (including phenoxy) is 3. The van der Waals surface area contributed by atoms with Gasteiger partial charge in [-0.25, -0.2) is 0 Å². The summed E-state index contributed by atoms with van der Waals surface area (Å²) in [6, 6.07) is 0. The molecule has 0 saturated carbocycles. The number of carboxylic acids is 1. The first-order valence-electron chi connectivity index (χ1n) is 20.0. The minimum Gasteiger partial charge on any atom is -0.481 e. The maximum absolute atomic E-state index is 12.5. The van der Waals surface area contributed by atoms with Gasteiger partial charge in [0.05, 0.1) is 13.0 Å². The maximum Gasteiger partial charge on any atom is 0.305 e. The van der Waals surface area contributed by atoms with Crippen molar-refractivity contribution in [1.29, 1.82) is 0 Å². The number of nitrogens with zero attached hydrogens (tertiary/aromatic N) is 1. The summed E-state index contributed by atoms with van der Waals surface area (Å²) in [7, 11) is 0. The van der Waals surface area contributed by atoms with E-state index in [0.717, 1.165) is 96.7 Å². The number of amides is 1. The molecule has 9 nitrogen and oxygen atoms in total. The van der Waals surface area contributed by atoms with Crippen LogP contribution in [-0.2, 0) is 28.6 Å². The van der Waals surface area contributed by atoms with Crippen molar-refractivity contribution in [3.63, 3.8) is 0 Å². The van der Waals surface area contributed by atoms with Gasteiger partial charge in [-0.1, -0.05) is 110 Å². The molecule has 0 aromatic carbocycles. The molecule has 0 heterocycles. The van der Waals surface area contributed by atoms with E-state index in [1.807, 2.05) is 0 Å². The zero-order valence-electron chi connectivity index (χ0n) is 31.5. The first-order valence-corrected chi connectivity index (χ1v) is 20.0. The van der Waals surface area contributed by atoms with E-state index in [2.05, 4.69) is 24.1 Å². The van der Waals surface area contributed by atoms with Crippen LogP contribution in [0.5, 0.6) is 0 Å². The zero-order chi connectivity index (χ0) is 35.3. The number of carbonyl (C=O) groups excluding carboxylic acids is 2. The monoisotopic (exact) mass is 685 g/mol. The average Bonchev–Trinajstić information content (AvgIpc) is 3.06. The highest BCUT2D eigenvalue weighted by Gasteiger charge is 2.14. The summed E-state index contributed by atoms with van der Waals surface area (Å²) in [6.45, 7) is 11.6. The van der Waals surface area contributed by atoms with Crippen LogP contribution in [0.2, 0.25) is 0 Å². The van der Waals surface area contributed by atoms with E-state index in [4.69, 9.17) is 19.3 Å². The highest BCUT2D eigenvalue weighted by Crippen LogP contribution is 2.13. The minimum atomic E-state index is -0.712. The van der Waals surface area contributed by atoms with Crippen molar-refractivity contribution < 1.29 is 33.7 Å². The lowest BCUT2D eigenvalue weighted by Crippen LogP contribution is -2.30. The number of carboxylic acid groups (broad SMARTS) is 1. The summed E-state index contributed by atoms with van der Waals surface area (Å²) in [5, 5.41) is 11.7. The molecule has 284 valence electrons. The maximum atomic E-state index is 12.5. The van der Waals surface area contributed by atoms with Gasteiger partial charge in [-0.15, -0.1) is 0 Å². The third-order valence-corrected chi connectivity index (χ3v) is 8.71. The molecule has 48 heavy (non-hydrogen) atoms. The largest absolute Gasteiger partial charge is 0.481 e. The van der Waals surface area contributed by atoms with E-state index >= 15 is 0 Å². The molecular weight excluding hydrogens is 608 g/mol. The predicted octanol–water partition coefficient (Wildman–Crippen LogP) is 9.20. The molecular formula is C39H76N2O7. The molecule has 0 radical (unpaired) electrons. The number of hydrogen-bond acceptors (Lipinski definition) is 7. The lowest BCUT2D eigenvalue weighted by molar-refractivity contribution is -0.159. The van der Waals surface area contributed by atoms with Gasteiger partial charge >= 0.3 is 11.9 Å². The fourth-order valence-corrected chi connectivity index (χ4v) is 5.74. The smallest absolute Gasteiger partial charge is 0.305 e. The molecule has 0 saturated heterocycles. The van der Waals surface area contributed by atoms with E-state index in [0.29, 0.717) is 39.2 Å². The topological polar surface area (TPSA) is 114 Å². The first kappa shape index (κ1) is 46.3. The van der Waals surface area contributed by atoms with Gasteiger partial charge in [0.2, 0.25) is 5.91 Å². The van der Waals surface area contributed by atoms with Gasteiger partial charge in [0.15, 0.2) is 6.29 Å². The average molecular weight is 685 g/mol. The Morgan fingerprint density at radius 3 is 1.56 bits per heavy atom. The van der Waals surface area contributed by atoms with Gasteiger partial charge in [0.25, 0.3) is 0 Å². The summed E-state index contributed by atoms with van der Waals surface area (Å²) in [6.07, 6.45) is 25.5. The Kier molecular flexibility index (Phi) is 35.3. The molecule has 0 atom stereocenters. The van der Waals surface area contributed by atoms with Crippen molar-refractivity contribution in [2.45, 2.75) is 188 Å². The lowest BCUT2D eigenvalue weighted by atomic mass is 10.1. The quantitative estimate of drug-likeness (QED) is 0.0376. The third-order valence-electron chi connectivity index (χ3n) is 8.71. The summed E-state index contributed by atoms with van der Waals surface area (Å²) < 4.78 is 17.7. The number of unbranched alkanes of at least 4 members (excludes halogenated alkanes) is 17. The number of rotatable bonds is 38. The molecule has 0 aliphatic rings. The fourth-order valence-electron chi connectivity index (χ4n) is 5.74. The molecule has 0 aromatic heterocycles. The molecule has 1 amide bonds. The molecule has 0 rings (SSSR count). The third kappa shape index (κ3) is 35.6. The Hall–Kier alpha value is -1.71.